The number of rotatable bonds is 7. The molecule has 1 aliphatic rings. The number of piperidine rings is 1. The Morgan fingerprint density at radius 3 is 2.23 bits per heavy atom. The maximum absolute atomic E-state index is 12.8. The first kappa shape index (κ1) is 30.2. The molecule has 0 radical (unpaired) electrons. The van der Waals surface area contributed by atoms with E-state index >= 15 is 0 Å². The highest BCUT2D eigenvalue weighted by Gasteiger charge is 2.32. The van der Waals surface area contributed by atoms with E-state index in [0.29, 0.717) is 5.56 Å². The lowest BCUT2D eigenvalue weighted by Gasteiger charge is -2.42. The van der Waals surface area contributed by atoms with Gasteiger partial charge in [-0.25, -0.2) is 0 Å². The number of nitrogens with zero attached hydrogens (tertiary/aromatic N) is 1. The number of allylic oxidation sites excluding steroid dienone is 2. The molecule has 192 valence electrons. The van der Waals surface area contributed by atoms with Crippen LogP contribution in [0.1, 0.15) is 87.9 Å². The fraction of sp³-hybridized carbons (Fsp3) is 0.469. The van der Waals surface area contributed by atoms with Crippen LogP contribution in [-0.2, 0) is 0 Å². The highest BCUT2D eigenvalue weighted by molar-refractivity contribution is 5.94. The quantitative estimate of drug-likeness (QED) is 0.407. The normalized spacial score (nSPS) is 15.3. The SMILES string of the molecule is C=C/C=C\c1cccc(C(=O)NC(C)CC2(C)CCN(c3cc(C)cc(C)c3)CC2)c1.CC.CC. The van der Waals surface area contributed by atoms with Crippen molar-refractivity contribution < 1.29 is 4.79 Å². The summed E-state index contributed by atoms with van der Waals surface area (Å²) in [5, 5.41) is 3.21. The molecule has 0 spiro atoms. The highest BCUT2D eigenvalue weighted by atomic mass is 16.1. The van der Waals surface area contributed by atoms with E-state index in [-0.39, 0.29) is 17.4 Å². The topological polar surface area (TPSA) is 32.3 Å². The Hall–Kier alpha value is -2.81. The van der Waals surface area contributed by atoms with E-state index in [4.69, 9.17) is 0 Å². The standard InChI is InChI=1S/C28H36N2O.2C2H6/c1-6-7-9-24-10-8-11-25(19-24)27(31)29-23(4)20-28(5)12-14-30(15-13-28)26-17-21(2)16-22(3)18-26;2*1-2/h6-11,16-19,23H,1,12-15,20H2,2-5H3,(H,29,31);2*1-2H3/b9-7-;;. The van der Waals surface area contributed by atoms with Gasteiger partial charge in [-0.05, 0) is 86.4 Å². The number of carbonyl (C=O) groups is 1. The van der Waals surface area contributed by atoms with Crippen LogP contribution in [-0.4, -0.2) is 25.0 Å². The van der Waals surface area contributed by atoms with Crippen LogP contribution in [0.4, 0.5) is 5.69 Å². The summed E-state index contributed by atoms with van der Waals surface area (Å²) < 4.78 is 0. The lowest BCUT2D eigenvalue weighted by molar-refractivity contribution is 0.0922. The van der Waals surface area contributed by atoms with Gasteiger partial charge in [0.15, 0.2) is 0 Å². The lowest BCUT2D eigenvalue weighted by atomic mass is 9.75. The van der Waals surface area contributed by atoms with Crippen molar-refractivity contribution in [1.82, 2.24) is 5.32 Å². The molecule has 0 bridgehead atoms. The molecular weight excluding hydrogens is 428 g/mol. The maximum atomic E-state index is 12.8. The first-order chi connectivity index (χ1) is 16.8. The van der Waals surface area contributed by atoms with E-state index in [0.717, 1.165) is 37.9 Å². The number of benzene rings is 2. The number of amides is 1. The predicted octanol–water partition coefficient (Wildman–Crippen LogP) is 8.37. The minimum Gasteiger partial charge on any atom is -0.371 e. The number of hydrogen-bond acceptors (Lipinski definition) is 2. The summed E-state index contributed by atoms with van der Waals surface area (Å²) in [6.45, 7) is 22.7. The lowest BCUT2D eigenvalue weighted by Crippen LogP contribution is -2.43. The van der Waals surface area contributed by atoms with Gasteiger partial charge in [-0.2, -0.15) is 0 Å². The van der Waals surface area contributed by atoms with Crippen LogP contribution in [0.5, 0.6) is 0 Å². The maximum Gasteiger partial charge on any atom is 0.251 e. The van der Waals surface area contributed by atoms with Crippen LogP contribution in [0.2, 0.25) is 0 Å². The number of carbonyl (C=O) groups excluding carboxylic acids is 1. The van der Waals surface area contributed by atoms with Crippen LogP contribution < -0.4 is 10.2 Å². The minimum absolute atomic E-state index is 0.00220. The number of anilines is 1. The van der Waals surface area contributed by atoms with E-state index in [2.05, 4.69) is 62.7 Å². The Morgan fingerprint density at radius 1 is 1.06 bits per heavy atom. The summed E-state index contributed by atoms with van der Waals surface area (Å²) in [5.41, 5.74) is 5.94. The third-order valence-electron chi connectivity index (χ3n) is 6.29. The molecule has 1 saturated heterocycles. The molecule has 0 aromatic heterocycles. The molecule has 3 heteroatoms. The van der Waals surface area contributed by atoms with Gasteiger partial charge < -0.3 is 10.2 Å². The number of nitrogens with one attached hydrogen (secondary N) is 1. The molecule has 2 aromatic rings. The van der Waals surface area contributed by atoms with E-state index in [1.807, 2.05) is 64.1 Å². The Labute approximate surface area is 215 Å². The van der Waals surface area contributed by atoms with Crippen molar-refractivity contribution >= 4 is 17.7 Å². The third kappa shape index (κ3) is 9.76. The van der Waals surface area contributed by atoms with Crippen molar-refractivity contribution in [3.05, 3.63) is 83.4 Å². The monoisotopic (exact) mass is 476 g/mol. The van der Waals surface area contributed by atoms with Crippen molar-refractivity contribution in [3.63, 3.8) is 0 Å². The first-order valence-electron chi connectivity index (χ1n) is 13.3. The van der Waals surface area contributed by atoms with Crippen LogP contribution in [0.25, 0.3) is 6.08 Å². The first-order valence-corrected chi connectivity index (χ1v) is 13.3. The zero-order valence-corrected chi connectivity index (χ0v) is 23.4. The van der Waals surface area contributed by atoms with Crippen LogP contribution in [0, 0.1) is 19.3 Å². The smallest absolute Gasteiger partial charge is 0.251 e. The van der Waals surface area contributed by atoms with Crippen molar-refractivity contribution in [1.29, 1.82) is 0 Å². The Morgan fingerprint density at radius 2 is 1.66 bits per heavy atom. The van der Waals surface area contributed by atoms with Gasteiger partial charge in [0.05, 0.1) is 0 Å². The van der Waals surface area contributed by atoms with Gasteiger partial charge in [0.2, 0.25) is 0 Å². The van der Waals surface area contributed by atoms with Gasteiger partial charge in [-0.3, -0.25) is 4.79 Å². The van der Waals surface area contributed by atoms with Gasteiger partial charge in [0, 0.05) is 30.4 Å². The second-order valence-electron chi connectivity index (χ2n) is 9.44. The van der Waals surface area contributed by atoms with Crippen molar-refractivity contribution in [2.75, 3.05) is 18.0 Å². The van der Waals surface area contributed by atoms with Gasteiger partial charge in [-0.1, -0.05) is 77.6 Å². The van der Waals surface area contributed by atoms with Crippen LogP contribution in [0.15, 0.2) is 61.2 Å². The van der Waals surface area contributed by atoms with Crippen molar-refractivity contribution in [2.45, 2.75) is 80.7 Å². The molecule has 1 fully saturated rings. The molecule has 3 rings (SSSR count). The molecule has 1 atom stereocenters. The van der Waals surface area contributed by atoms with E-state index in [1.54, 1.807) is 6.08 Å². The second-order valence-corrected chi connectivity index (χ2v) is 9.44. The minimum atomic E-state index is -0.00220. The van der Waals surface area contributed by atoms with Crippen molar-refractivity contribution in [2.24, 2.45) is 5.41 Å². The molecule has 0 saturated carbocycles. The Kier molecular flexibility index (Phi) is 13.2. The summed E-state index contributed by atoms with van der Waals surface area (Å²) in [6, 6.07) is 14.7. The fourth-order valence-corrected chi connectivity index (χ4v) is 4.70. The molecule has 2 aromatic carbocycles. The summed E-state index contributed by atoms with van der Waals surface area (Å²) in [6.07, 6.45) is 8.85. The molecule has 1 N–H and O–H groups in total. The Bertz CT molecular complexity index is 932. The van der Waals surface area contributed by atoms with E-state index in [1.165, 1.54) is 16.8 Å². The van der Waals surface area contributed by atoms with Crippen LogP contribution in [0.3, 0.4) is 0 Å². The zero-order valence-electron chi connectivity index (χ0n) is 23.4. The number of hydrogen-bond donors (Lipinski definition) is 1. The fourth-order valence-electron chi connectivity index (χ4n) is 4.70. The molecular formula is C32H48N2O. The molecule has 1 amide bonds. The van der Waals surface area contributed by atoms with Gasteiger partial charge >= 0.3 is 0 Å². The molecule has 1 heterocycles. The second kappa shape index (κ2) is 15.2. The molecule has 0 aliphatic carbocycles. The molecule has 1 unspecified atom stereocenters. The van der Waals surface area contributed by atoms with Crippen molar-refractivity contribution in [3.8, 4) is 0 Å². The third-order valence-corrected chi connectivity index (χ3v) is 6.29. The summed E-state index contributed by atoms with van der Waals surface area (Å²) >= 11 is 0. The summed E-state index contributed by atoms with van der Waals surface area (Å²) in [5.74, 6) is -0.00220. The average Bonchev–Trinajstić information content (AvgIpc) is 2.85. The van der Waals surface area contributed by atoms with E-state index in [9.17, 15) is 4.79 Å². The van der Waals surface area contributed by atoms with Crippen LogP contribution >= 0.6 is 0 Å². The molecule has 3 nitrogen and oxygen atoms in total. The number of aryl methyl sites for hydroxylation is 2. The Balaban J connectivity index is 0.00000145. The van der Waals surface area contributed by atoms with E-state index < -0.39 is 0 Å². The summed E-state index contributed by atoms with van der Waals surface area (Å²) in [4.78, 5) is 15.3. The predicted molar refractivity (Wildman–Crippen MR) is 155 cm³/mol. The average molecular weight is 477 g/mol. The summed E-state index contributed by atoms with van der Waals surface area (Å²) in [7, 11) is 0. The van der Waals surface area contributed by atoms with Gasteiger partial charge in [-0.15, -0.1) is 0 Å². The van der Waals surface area contributed by atoms with Gasteiger partial charge in [0.1, 0.15) is 0 Å². The highest BCUT2D eigenvalue weighted by Crippen LogP contribution is 2.37. The molecule has 35 heavy (non-hydrogen) atoms. The molecule has 1 aliphatic heterocycles. The zero-order chi connectivity index (χ0) is 26.4. The largest absolute Gasteiger partial charge is 0.371 e. The van der Waals surface area contributed by atoms with Gasteiger partial charge in [0.25, 0.3) is 5.91 Å².